The molecule has 3 aromatic rings. The Morgan fingerprint density at radius 2 is 1.96 bits per heavy atom. The maximum absolute atomic E-state index is 14.0. The van der Waals surface area contributed by atoms with E-state index in [1.807, 2.05) is 12.1 Å². The van der Waals surface area contributed by atoms with Crippen LogP contribution in [0.5, 0.6) is 5.75 Å². The number of anilines is 1. The third-order valence-electron chi connectivity index (χ3n) is 4.59. The highest BCUT2D eigenvalue weighted by atomic mass is 19.1. The van der Waals surface area contributed by atoms with Crippen molar-refractivity contribution in [1.29, 1.82) is 0 Å². The minimum atomic E-state index is -0.872. The zero-order chi connectivity index (χ0) is 19.1. The van der Waals surface area contributed by atoms with Crippen molar-refractivity contribution < 1.29 is 23.8 Å². The molecule has 27 heavy (non-hydrogen) atoms. The van der Waals surface area contributed by atoms with Gasteiger partial charge in [0, 0.05) is 24.2 Å². The average molecular weight is 371 g/mol. The van der Waals surface area contributed by atoms with Crippen molar-refractivity contribution in [3.63, 3.8) is 0 Å². The second kappa shape index (κ2) is 6.48. The van der Waals surface area contributed by atoms with Crippen LogP contribution in [-0.4, -0.2) is 39.1 Å². The Kier molecular flexibility index (Phi) is 4.12. The molecule has 1 unspecified atom stereocenters. The number of halogens is 2. The minimum absolute atomic E-state index is 0.0965. The second-order valence-corrected chi connectivity index (χ2v) is 6.26. The van der Waals surface area contributed by atoms with Gasteiger partial charge in [-0.15, -0.1) is 0 Å². The number of aliphatic hydroxyl groups is 1. The van der Waals surface area contributed by atoms with E-state index in [4.69, 9.17) is 0 Å². The molecule has 1 atom stereocenters. The monoisotopic (exact) mass is 371 g/mol. The average Bonchev–Trinajstić information content (AvgIpc) is 3.22. The van der Waals surface area contributed by atoms with E-state index in [1.165, 1.54) is 4.90 Å². The summed E-state index contributed by atoms with van der Waals surface area (Å²) in [4.78, 5) is 14.4. The first-order valence-corrected chi connectivity index (χ1v) is 8.25. The molecule has 0 fully saturated rings. The van der Waals surface area contributed by atoms with E-state index in [2.05, 4.69) is 5.10 Å². The Bertz CT molecular complexity index is 1030. The lowest BCUT2D eigenvalue weighted by Crippen LogP contribution is -2.30. The fraction of sp³-hybridized carbons (Fsp3) is 0.158. The SMILES string of the molecule is O=C(c1nn(-c2ccc(F)cc2F)cc1O)N1CC(CO)c2ccccc21. The number of rotatable bonds is 3. The number of aliphatic hydroxyl groups excluding tert-OH is 1. The zero-order valence-corrected chi connectivity index (χ0v) is 14.0. The molecule has 1 aliphatic rings. The first-order chi connectivity index (χ1) is 13.0. The van der Waals surface area contributed by atoms with Crippen LogP contribution in [0.4, 0.5) is 14.5 Å². The number of para-hydroxylation sites is 1. The van der Waals surface area contributed by atoms with Crippen molar-refractivity contribution in [2.24, 2.45) is 0 Å². The van der Waals surface area contributed by atoms with Crippen LogP contribution < -0.4 is 4.90 Å². The first kappa shape index (κ1) is 17.2. The number of fused-ring (bicyclic) bond motifs is 1. The standard InChI is InChI=1S/C19H15F2N3O3/c20-12-5-6-16(14(21)7-12)24-9-17(26)18(22-24)19(27)23-8-11(10-25)13-3-1-2-4-15(13)23/h1-7,9,11,25-26H,8,10H2. The minimum Gasteiger partial charge on any atom is -0.504 e. The Morgan fingerprint density at radius 1 is 1.19 bits per heavy atom. The molecular weight excluding hydrogens is 356 g/mol. The van der Waals surface area contributed by atoms with Crippen LogP contribution in [-0.2, 0) is 0 Å². The Hall–Kier alpha value is -3.26. The molecule has 2 heterocycles. The van der Waals surface area contributed by atoms with Crippen molar-refractivity contribution in [3.05, 3.63) is 71.6 Å². The number of amides is 1. The van der Waals surface area contributed by atoms with Crippen molar-refractivity contribution in [2.75, 3.05) is 18.1 Å². The number of aromatic nitrogens is 2. The lowest BCUT2D eigenvalue weighted by molar-refractivity contribution is 0.0979. The molecule has 0 saturated carbocycles. The van der Waals surface area contributed by atoms with Crippen molar-refractivity contribution in [1.82, 2.24) is 9.78 Å². The predicted octanol–water partition coefficient (Wildman–Crippen LogP) is 2.59. The lowest BCUT2D eigenvalue weighted by Gasteiger charge is -2.16. The van der Waals surface area contributed by atoms with Crippen LogP contribution in [0.2, 0.25) is 0 Å². The molecule has 8 heteroatoms. The molecule has 1 amide bonds. The highest BCUT2D eigenvalue weighted by molar-refractivity contribution is 6.07. The molecule has 0 aliphatic carbocycles. The smallest absolute Gasteiger partial charge is 0.282 e. The maximum atomic E-state index is 14.0. The van der Waals surface area contributed by atoms with Gasteiger partial charge in [-0.1, -0.05) is 18.2 Å². The Morgan fingerprint density at radius 3 is 2.70 bits per heavy atom. The molecule has 6 nitrogen and oxygen atoms in total. The molecular formula is C19H15F2N3O3. The number of hydrogen-bond donors (Lipinski definition) is 2. The summed E-state index contributed by atoms with van der Waals surface area (Å²) in [5.41, 5.74) is 1.10. The number of nitrogens with zero attached hydrogens (tertiary/aromatic N) is 3. The predicted molar refractivity (Wildman–Crippen MR) is 93.1 cm³/mol. The van der Waals surface area contributed by atoms with Crippen LogP contribution in [0, 0.1) is 11.6 Å². The summed E-state index contributed by atoms with van der Waals surface area (Å²) in [7, 11) is 0. The molecule has 2 N–H and O–H groups in total. The molecule has 2 aromatic carbocycles. The lowest BCUT2D eigenvalue weighted by atomic mass is 10.0. The van der Waals surface area contributed by atoms with Gasteiger partial charge in [0.2, 0.25) is 0 Å². The number of carbonyl (C=O) groups is 1. The zero-order valence-electron chi connectivity index (χ0n) is 14.0. The van der Waals surface area contributed by atoms with Gasteiger partial charge in [-0.3, -0.25) is 4.79 Å². The molecule has 0 radical (unpaired) electrons. The van der Waals surface area contributed by atoms with Gasteiger partial charge < -0.3 is 15.1 Å². The van der Waals surface area contributed by atoms with Gasteiger partial charge >= 0.3 is 0 Å². The van der Waals surface area contributed by atoms with Crippen LogP contribution in [0.3, 0.4) is 0 Å². The highest BCUT2D eigenvalue weighted by Gasteiger charge is 2.34. The van der Waals surface area contributed by atoms with Gasteiger partial charge in [-0.2, -0.15) is 5.10 Å². The molecule has 138 valence electrons. The van der Waals surface area contributed by atoms with Gasteiger partial charge in [0.15, 0.2) is 17.3 Å². The molecule has 4 rings (SSSR count). The fourth-order valence-corrected chi connectivity index (χ4v) is 3.28. The third kappa shape index (κ3) is 2.83. The molecule has 1 aliphatic heterocycles. The van der Waals surface area contributed by atoms with E-state index in [-0.39, 0.29) is 30.5 Å². The van der Waals surface area contributed by atoms with Crippen LogP contribution >= 0.6 is 0 Å². The van der Waals surface area contributed by atoms with Gasteiger partial charge in [-0.25, -0.2) is 13.5 Å². The second-order valence-electron chi connectivity index (χ2n) is 6.26. The highest BCUT2D eigenvalue weighted by Crippen LogP contribution is 2.37. The summed E-state index contributed by atoms with van der Waals surface area (Å²) in [5, 5.41) is 23.7. The van der Waals surface area contributed by atoms with Crippen molar-refractivity contribution in [3.8, 4) is 11.4 Å². The van der Waals surface area contributed by atoms with E-state index < -0.39 is 23.3 Å². The summed E-state index contributed by atoms with van der Waals surface area (Å²) in [5.74, 6) is -2.84. The molecule has 0 spiro atoms. The van der Waals surface area contributed by atoms with Crippen molar-refractivity contribution in [2.45, 2.75) is 5.92 Å². The van der Waals surface area contributed by atoms with E-state index in [0.29, 0.717) is 11.8 Å². The number of carbonyl (C=O) groups excluding carboxylic acids is 1. The third-order valence-corrected chi connectivity index (χ3v) is 4.59. The Balaban J connectivity index is 1.71. The van der Waals surface area contributed by atoms with Crippen LogP contribution in [0.1, 0.15) is 22.0 Å². The number of aromatic hydroxyl groups is 1. The van der Waals surface area contributed by atoms with Crippen molar-refractivity contribution >= 4 is 11.6 Å². The van der Waals surface area contributed by atoms with E-state index in [9.17, 15) is 23.8 Å². The Labute approximate surface area is 152 Å². The van der Waals surface area contributed by atoms with Crippen LogP contribution in [0.15, 0.2) is 48.7 Å². The fourth-order valence-electron chi connectivity index (χ4n) is 3.28. The summed E-state index contributed by atoms with van der Waals surface area (Å²) < 4.78 is 28.0. The van der Waals surface area contributed by atoms with Gasteiger partial charge in [0.1, 0.15) is 11.5 Å². The quantitative estimate of drug-likeness (QED) is 0.742. The number of benzene rings is 2. The van der Waals surface area contributed by atoms with E-state index >= 15 is 0 Å². The maximum Gasteiger partial charge on any atom is 0.282 e. The van der Waals surface area contributed by atoms with E-state index in [1.54, 1.807) is 12.1 Å². The van der Waals surface area contributed by atoms with Crippen LogP contribution in [0.25, 0.3) is 5.69 Å². The summed E-state index contributed by atoms with van der Waals surface area (Å²) >= 11 is 0. The van der Waals surface area contributed by atoms with Gasteiger partial charge in [-0.05, 0) is 23.8 Å². The van der Waals surface area contributed by atoms with Gasteiger partial charge in [0.05, 0.1) is 12.8 Å². The van der Waals surface area contributed by atoms with Gasteiger partial charge in [0.25, 0.3) is 5.91 Å². The summed E-state index contributed by atoms with van der Waals surface area (Å²) in [6.45, 7) is 0.119. The molecule has 0 saturated heterocycles. The molecule has 1 aromatic heterocycles. The summed E-state index contributed by atoms with van der Waals surface area (Å²) in [6.07, 6.45) is 1.09. The first-order valence-electron chi connectivity index (χ1n) is 8.25. The topological polar surface area (TPSA) is 78.6 Å². The van der Waals surface area contributed by atoms with E-state index in [0.717, 1.165) is 28.6 Å². The number of hydrogen-bond acceptors (Lipinski definition) is 4. The molecule has 0 bridgehead atoms. The summed E-state index contributed by atoms with van der Waals surface area (Å²) in [6, 6.07) is 10.1. The largest absolute Gasteiger partial charge is 0.504 e. The normalized spacial score (nSPS) is 15.8.